The van der Waals surface area contributed by atoms with Gasteiger partial charge in [-0.1, -0.05) is 12.1 Å². The lowest BCUT2D eigenvalue weighted by Gasteiger charge is -2.01. The third-order valence-electron chi connectivity index (χ3n) is 2.99. The summed E-state index contributed by atoms with van der Waals surface area (Å²) in [6.45, 7) is 0. The Kier molecular flexibility index (Phi) is 2.81. The van der Waals surface area contributed by atoms with E-state index in [-0.39, 0.29) is 0 Å². The first-order chi connectivity index (χ1) is 9.30. The van der Waals surface area contributed by atoms with Gasteiger partial charge >= 0.3 is 0 Å². The molecule has 0 aliphatic rings. The Bertz CT molecular complexity index is 720. The highest BCUT2D eigenvalue weighted by atomic mass is 16.5. The van der Waals surface area contributed by atoms with Gasteiger partial charge in [-0.15, -0.1) is 0 Å². The minimum atomic E-state index is 0.808. The summed E-state index contributed by atoms with van der Waals surface area (Å²) in [6, 6.07) is 13.5. The van der Waals surface area contributed by atoms with Gasteiger partial charge in [0.05, 0.1) is 23.8 Å². The van der Waals surface area contributed by atoms with Crippen molar-refractivity contribution in [3.63, 3.8) is 0 Å². The number of methoxy groups -OCH3 is 1. The largest absolute Gasteiger partial charge is 0.497 e. The summed E-state index contributed by atoms with van der Waals surface area (Å²) >= 11 is 0. The number of nitrogens with one attached hydrogen (secondary N) is 2. The van der Waals surface area contributed by atoms with Crippen molar-refractivity contribution in [1.82, 2.24) is 9.97 Å². The summed E-state index contributed by atoms with van der Waals surface area (Å²) < 4.78 is 5.22. The second-order valence-corrected chi connectivity index (χ2v) is 4.19. The first kappa shape index (κ1) is 11.6. The highest BCUT2D eigenvalue weighted by Crippen LogP contribution is 2.25. The molecule has 1 heterocycles. The molecule has 3 aromatic rings. The van der Waals surface area contributed by atoms with Crippen LogP contribution in [0.4, 0.5) is 5.69 Å². The van der Waals surface area contributed by atoms with E-state index in [1.807, 2.05) is 42.5 Å². The molecule has 0 aliphatic carbocycles. The Hall–Kier alpha value is -2.53. The predicted octanol–water partition coefficient (Wildman–Crippen LogP) is 2.52. The fraction of sp³-hybridized carbons (Fsp3) is 0.0714. The van der Waals surface area contributed by atoms with E-state index in [1.54, 1.807) is 7.11 Å². The van der Waals surface area contributed by atoms with Crippen LogP contribution >= 0.6 is 0 Å². The predicted molar refractivity (Wildman–Crippen MR) is 75.9 cm³/mol. The van der Waals surface area contributed by atoms with Gasteiger partial charge in [0.2, 0.25) is 0 Å². The summed E-state index contributed by atoms with van der Waals surface area (Å²) in [7, 11) is 1.65. The molecule has 0 saturated heterocycles. The second kappa shape index (κ2) is 4.62. The van der Waals surface area contributed by atoms with Crippen LogP contribution in [0.5, 0.6) is 5.75 Å². The topological polar surface area (TPSA) is 76.0 Å². The molecule has 3 rings (SSSR count). The van der Waals surface area contributed by atoms with Crippen molar-refractivity contribution in [2.24, 2.45) is 5.84 Å². The lowest BCUT2D eigenvalue weighted by molar-refractivity contribution is 0.415. The molecule has 4 N–H and O–H groups in total. The zero-order valence-corrected chi connectivity index (χ0v) is 10.5. The SMILES string of the molecule is COc1cccc(-c2nc3ccc(NN)cc3[nH]2)c1. The fourth-order valence-electron chi connectivity index (χ4n) is 2.01. The Morgan fingerprint density at radius 2 is 2.11 bits per heavy atom. The highest BCUT2D eigenvalue weighted by molar-refractivity contribution is 5.82. The number of hydrogen-bond acceptors (Lipinski definition) is 4. The van der Waals surface area contributed by atoms with Gasteiger partial charge in [-0.3, -0.25) is 5.84 Å². The van der Waals surface area contributed by atoms with Crippen LogP contribution < -0.4 is 16.0 Å². The smallest absolute Gasteiger partial charge is 0.138 e. The number of hydrazine groups is 1. The van der Waals surface area contributed by atoms with Gasteiger partial charge in [-0.05, 0) is 30.3 Å². The normalized spacial score (nSPS) is 10.6. The van der Waals surface area contributed by atoms with Crippen LogP contribution in [-0.4, -0.2) is 17.1 Å². The lowest BCUT2D eigenvalue weighted by atomic mass is 10.2. The molecule has 0 unspecified atom stereocenters. The van der Waals surface area contributed by atoms with Crippen LogP contribution in [0.3, 0.4) is 0 Å². The van der Waals surface area contributed by atoms with Gasteiger partial charge in [-0.25, -0.2) is 4.98 Å². The van der Waals surface area contributed by atoms with E-state index < -0.39 is 0 Å². The number of nitrogen functional groups attached to an aromatic ring is 1. The number of nitrogens with two attached hydrogens (primary N) is 1. The van der Waals surface area contributed by atoms with E-state index in [0.29, 0.717) is 0 Å². The third-order valence-corrected chi connectivity index (χ3v) is 2.99. The quantitative estimate of drug-likeness (QED) is 0.496. The number of anilines is 1. The summed E-state index contributed by atoms with van der Waals surface area (Å²) in [5.74, 6) is 7.01. The molecule has 0 spiro atoms. The maximum absolute atomic E-state index is 5.40. The Labute approximate surface area is 110 Å². The molecule has 0 atom stereocenters. The molecule has 5 nitrogen and oxygen atoms in total. The highest BCUT2D eigenvalue weighted by Gasteiger charge is 2.06. The average Bonchev–Trinajstić information content (AvgIpc) is 2.90. The molecule has 0 amide bonds. The minimum absolute atomic E-state index is 0.808. The standard InChI is InChI=1S/C14H14N4O/c1-19-11-4-2-3-9(7-11)14-16-12-6-5-10(18-15)8-13(12)17-14/h2-8,18H,15H2,1H3,(H,16,17). The minimum Gasteiger partial charge on any atom is -0.497 e. The zero-order chi connectivity index (χ0) is 13.2. The van der Waals surface area contributed by atoms with Crippen molar-refractivity contribution >= 4 is 16.7 Å². The second-order valence-electron chi connectivity index (χ2n) is 4.19. The molecular formula is C14H14N4O. The molecule has 0 saturated carbocycles. The van der Waals surface area contributed by atoms with Crippen LogP contribution in [0.1, 0.15) is 0 Å². The average molecular weight is 254 g/mol. The lowest BCUT2D eigenvalue weighted by Crippen LogP contribution is -2.05. The van der Waals surface area contributed by atoms with E-state index in [1.165, 1.54) is 0 Å². The van der Waals surface area contributed by atoms with Crippen LogP contribution in [0, 0.1) is 0 Å². The number of benzene rings is 2. The van der Waals surface area contributed by atoms with Crippen molar-refractivity contribution in [2.45, 2.75) is 0 Å². The van der Waals surface area contributed by atoms with Crippen LogP contribution in [0.15, 0.2) is 42.5 Å². The van der Waals surface area contributed by atoms with Crippen LogP contribution in [0.2, 0.25) is 0 Å². The summed E-state index contributed by atoms with van der Waals surface area (Å²) in [6.07, 6.45) is 0. The van der Waals surface area contributed by atoms with Crippen LogP contribution in [-0.2, 0) is 0 Å². The molecule has 5 heteroatoms. The molecule has 2 aromatic carbocycles. The maximum Gasteiger partial charge on any atom is 0.138 e. The molecule has 0 aliphatic heterocycles. The van der Waals surface area contributed by atoms with E-state index in [0.717, 1.165) is 33.9 Å². The number of nitrogens with zero attached hydrogens (tertiary/aromatic N) is 1. The van der Waals surface area contributed by atoms with Crippen molar-refractivity contribution < 1.29 is 4.74 Å². The molecule has 0 radical (unpaired) electrons. The monoisotopic (exact) mass is 254 g/mol. The van der Waals surface area contributed by atoms with E-state index in [2.05, 4.69) is 15.4 Å². The van der Waals surface area contributed by atoms with E-state index >= 15 is 0 Å². The molecular weight excluding hydrogens is 240 g/mol. The number of aromatic amines is 1. The summed E-state index contributed by atoms with van der Waals surface area (Å²) in [5, 5.41) is 0. The van der Waals surface area contributed by atoms with Gasteiger partial charge in [0.15, 0.2) is 0 Å². The number of imidazole rings is 1. The van der Waals surface area contributed by atoms with Gasteiger partial charge in [0.25, 0.3) is 0 Å². The van der Waals surface area contributed by atoms with E-state index in [9.17, 15) is 0 Å². The Morgan fingerprint density at radius 1 is 1.21 bits per heavy atom. The summed E-state index contributed by atoms with van der Waals surface area (Å²) in [5.41, 5.74) is 6.28. The number of hydrogen-bond donors (Lipinski definition) is 3. The number of ether oxygens (including phenoxy) is 1. The first-order valence-electron chi connectivity index (χ1n) is 5.91. The Morgan fingerprint density at radius 3 is 2.89 bits per heavy atom. The summed E-state index contributed by atoms with van der Waals surface area (Å²) in [4.78, 5) is 7.83. The number of aromatic nitrogens is 2. The van der Waals surface area contributed by atoms with Gasteiger partial charge in [0, 0.05) is 5.56 Å². The number of rotatable bonds is 3. The number of fused-ring (bicyclic) bond motifs is 1. The fourth-order valence-corrected chi connectivity index (χ4v) is 2.01. The van der Waals surface area contributed by atoms with Gasteiger partial charge in [-0.2, -0.15) is 0 Å². The molecule has 19 heavy (non-hydrogen) atoms. The zero-order valence-electron chi connectivity index (χ0n) is 10.5. The Balaban J connectivity index is 2.09. The van der Waals surface area contributed by atoms with E-state index in [4.69, 9.17) is 10.6 Å². The molecule has 1 aromatic heterocycles. The van der Waals surface area contributed by atoms with Crippen molar-refractivity contribution in [3.8, 4) is 17.1 Å². The molecule has 0 bridgehead atoms. The van der Waals surface area contributed by atoms with Crippen LogP contribution in [0.25, 0.3) is 22.4 Å². The number of H-pyrrole nitrogens is 1. The van der Waals surface area contributed by atoms with Gasteiger partial charge in [0.1, 0.15) is 11.6 Å². The van der Waals surface area contributed by atoms with Gasteiger partial charge < -0.3 is 15.1 Å². The first-order valence-corrected chi connectivity index (χ1v) is 5.91. The van der Waals surface area contributed by atoms with Crippen molar-refractivity contribution in [1.29, 1.82) is 0 Å². The molecule has 96 valence electrons. The third kappa shape index (κ3) is 2.11. The van der Waals surface area contributed by atoms with Crippen molar-refractivity contribution in [3.05, 3.63) is 42.5 Å². The van der Waals surface area contributed by atoms with Crippen molar-refractivity contribution in [2.75, 3.05) is 12.5 Å². The molecule has 0 fully saturated rings. The maximum atomic E-state index is 5.40.